The zero-order valence-electron chi connectivity index (χ0n) is 14.1. The molecule has 2 aromatic rings. The van der Waals surface area contributed by atoms with Gasteiger partial charge in [0, 0.05) is 51.0 Å². The van der Waals surface area contributed by atoms with Crippen molar-refractivity contribution in [3.63, 3.8) is 0 Å². The molecule has 2 saturated heterocycles. The minimum atomic E-state index is 0.516. The van der Waals surface area contributed by atoms with Crippen molar-refractivity contribution in [1.29, 1.82) is 0 Å². The number of nitrogens with zero attached hydrogens (tertiary/aromatic N) is 3. The summed E-state index contributed by atoms with van der Waals surface area (Å²) in [6.45, 7) is 8.35. The Labute approximate surface area is 137 Å². The number of likely N-dealkylation sites (N-methyl/N-ethyl adjacent to an activating group) is 1. The van der Waals surface area contributed by atoms with Gasteiger partial charge in [-0.25, -0.2) is 4.98 Å². The first-order chi connectivity index (χ1) is 11.2. The maximum Gasteiger partial charge on any atom is 0.110 e. The number of anilines is 1. The van der Waals surface area contributed by atoms with Crippen LogP contribution in [-0.4, -0.2) is 61.3 Å². The van der Waals surface area contributed by atoms with Crippen molar-refractivity contribution in [3.8, 4) is 0 Å². The second-order valence-electron chi connectivity index (χ2n) is 6.96. The second kappa shape index (κ2) is 6.13. The summed E-state index contributed by atoms with van der Waals surface area (Å²) in [5.41, 5.74) is 4.90. The first-order valence-corrected chi connectivity index (χ1v) is 8.72. The molecule has 1 aromatic heterocycles. The quantitative estimate of drug-likeness (QED) is 0.925. The van der Waals surface area contributed by atoms with Crippen molar-refractivity contribution in [2.45, 2.75) is 25.7 Å². The number of aromatic nitrogens is 2. The number of fused-ring (bicyclic) bond motifs is 1. The van der Waals surface area contributed by atoms with Crippen LogP contribution in [0.5, 0.6) is 0 Å². The number of ether oxygens (including phenoxy) is 1. The maximum absolute atomic E-state index is 5.47. The highest BCUT2D eigenvalue weighted by atomic mass is 16.5. The molecule has 2 aliphatic heterocycles. The van der Waals surface area contributed by atoms with Crippen molar-refractivity contribution in [3.05, 3.63) is 23.5 Å². The predicted molar refractivity (Wildman–Crippen MR) is 93.3 cm³/mol. The number of hydrogen-bond donors (Lipinski definition) is 1. The fourth-order valence-corrected chi connectivity index (χ4v) is 3.70. The van der Waals surface area contributed by atoms with E-state index in [4.69, 9.17) is 9.72 Å². The van der Waals surface area contributed by atoms with Crippen LogP contribution in [0.2, 0.25) is 0 Å². The number of benzene rings is 1. The van der Waals surface area contributed by atoms with Crippen LogP contribution in [0.25, 0.3) is 11.0 Å². The molecule has 0 bridgehead atoms. The van der Waals surface area contributed by atoms with Crippen LogP contribution in [0.4, 0.5) is 5.69 Å². The molecule has 0 amide bonds. The molecular formula is C18H26N4O. The van der Waals surface area contributed by atoms with Gasteiger partial charge in [-0.3, -0.25) is 0 Å². The van der Waals surface area contributed by atoms with E-state index in [-0.39, 0.29) is 0 Å². The van der Waals surface area contributed by atoms with Crippen LogP contribution in [-0.2, 0) is 4.74 Å². The van der Waals surface area contributed by atoms with Crippen LogP contribution in [0.3, 0.4) is 0 Å². The normalized spacial score (nSPS) is 21.2. The van der Waals surface area contributed by atoms with E-state index >= 15 is 0 Å². The van der Waals surface area contributed by atoms with Crippen LogP contribution >= 0.6 is 0 Å². The average molecular weight is 314 g/mol. The van der Waals surface area contributed by atoms with E-state index in [2.05, 4.69) is 40.9 Å². The highest BCUT2D eigenvalue weighted by Crippen LogP contribution is 2.30. The van der Waals surface area contributed by atoms with Crippen molar-refractivity contribution in [2.75, 3.05) is 51.3 Å². The van der Waals surface area contributed by atoms with Gasteiger partial charge in [-0.1, -0.05) is 0 Å². The van der Waals surface area contributed by atoms with Gasteiger partial charge in [0.2, 0.25) is 0 Å². The van der Waals surface area contributed by atoms with Crippen LogP contribution in [0.1, 0.15) is 30.1 Å². The van der Waals surface area contributed by atoms with Crippen molar-refractivity contribution < 1.29 is 4.74 Å². The number of piperazine rings is 1. The number of imidazole rings is 1. The largest absolute Gasteiger partial charge is 0.381 e. The van der Waals surface area contributed by atoms with E-state index in [1.54, 1.807) is 0 Å². The Morgan fingerprint density at radius 2 is 1.87 bits per heavy atom. The summed E-state index contributed by atoms with van der Waals surface area (Å²) >= 11 is 0. The first-order valence-electron chi connectivity index (χ1n) is 8.72. The molecule has 0 atom stereocenters. The number of H-pyrrole nitrogens is 1. The SMILES string of the molecule is Cc1cc(N2CCN(C)CC2)cc2[nH]c(C3CCOCC3)nc12. The van der Waals surface area contributed by atoms with Gasteiger partial charge >= 0.3 is 0 Å². The van der Waals surface area contributed by atoms with E-state index in [1.807, 2.05) is 0 Å². The zero-order chi connectivity index (χ0) is 15.8. The summed E-state index contributed by atoms with van der Waals surface area (Å²) in [4.78, 5) is 13.4. The van der Waals surface area contributed by atoms with E-state index in [0.717, 1.165) is 63.6 Å². The van der Waals surface area contributed by atoms with Crippen LogP contribution in [0, 0.1) is 6.92 Å². The topological polar surface area (TPSA) is 44.4 Å². The lowest BCUT2D eigenvalue weighted by Crippen LogP contribution is -2.44. The molecule has 2 aliphatic rings. The number of aryl methyl sites for hydroxylation is 1. The number of aromatic amines is 1. The molecule has 5 nitrogen and oxygen atoms in total. The molecule has 4 rings (SSSR count). The summed E-state index contributed by atoms with van der Waals surface area (Å²) in [6, 6.07) is 4.58. The molecule has 23 heavy (non-hydrogen) atoms. The number of rotatable bonds is 2. The summed E-state index contributed by atoms with van der Waals surface area (Å²) < 4.78 is 5.47. The van der Waals surface area contributed by atoms with Crippen LogP contribution in [0.15, 0.2) is 12.1 Å². The van der Waals surface area contributed by atoms with Crippen molar-refractivity contribution >= 4 is 16.7 Å². The van der Waals surface area contributed by atoms with Gasteiger partial charge in [-0.15, -0.1) is 0 Å². The van der Waals surface area contributed by atoms with Gasteiger partial charge in [-0.2, -0.15) is 0 Å². The Bertz CT molecular complexity index is 682. The zero-order valence-corrected chi connectivity index (χ0v) is 14.1. The summed E-state index contributed by atoms with van der Waals surface area (Å²) in [5.74, 6) is 1.66. The molecule has 5 heteroatoms. The molecule has 0 unspecified atom stereocenters. The molecule has 1 aromatic carbocycles. The van der Waals surface area contributed by atoms with Crippen molar-refractivity contribution in [1.82, 2.24) is 14.9 Å². The molecule has 1 N–H and O–H groups in total. The Morgan fingerprint density at radius 1 is 1.13 bits per heavy atom. The third kappa shape index (κ3) is 2.95. The average Bonchev–Trinajstić information content (AvgIpc) is 3.01. The van der Waals surface area contributed by atoms with Gasteiger partial charge in [0.25, 0.3) is 0 Å². The second-order valence-corrected chi connectivity index (χ2v) is 6.96. The number of nitrogens with one attached hydrogen (secondary N) is 1. The highest BCUT2D eigenvalue weighted by molar-refractivity contribution is 5.83. The fraction of sp³-hybridized carbons (Fsp3) is 0.611. The minimum Gasteiger partial charge on any atom is -0.381 e. The van der Waals surface area contributed by atoms with Gasteiger partial charge in [0.05, 0.1) is 11.0 Å². The third-order valence-electron chi connectivity index (χ3n) is 5.26. The molecule has 124 valence electrons. The van der Waals surface area contributed by atoms with Gasteiger partial charge < -0.3 is 19.5 Å². The summed E-state index contributed by atoms with van der Waals surface area (Å²) in [6.07, 6.45) is 2.15. The highest BCUT2D eigenvalue weighted by Gasteiger charge is 2.21. The maximum atomic E-state index is 5.47. The van der Waals surface area contributed by atoms with Gasteiger partial charge in [0.15, 0.2) is 0 Å². The standard InChI is InChI=1S/C18H26N4O/c1-13-11-15(22-7-5-21(2)6-8-22)12-16-17(13)20-18(19-16)14-3-9-23-10-4-14/h11-12,14H,3-10H2,1-2H3,(H,19,20). The molecule has 2 fully saturated rings. The van der Waals surface area contributed by atoms with E-state index < -0.39 is 0 Å². The monoisotopic (exact) mass is 314 g/mol. The molecule has 0 saturated carbocycles. The van der Waals surface area contributed by atoms with E-state index in [9.17, 15) is 0 Å². The van der Waals surface area contributed by atoms with Crippen LogP contribution < -0.4 is 4.90 Å². The fourth-order valence-electron chi connectivity index (χ4n) is 3.70. The van der Waals surface area contributed by atoms with Gasteiger partial charge in [-0.05, 0) is 44.5 Å². The lowest BCUT2D eigenvalue weighted by molar-refractivity contribution is 0.0838. The lowest BCUT2D eigenvalue weighted by atomic mass is 10.00. The van der Waals surface area contributed by atoms with Crippen molar-refractivity contribution in [2.24, 2.45) is 0 Å². The number of hydrogen-bond acceptors (Lipinski definition) is 4. The summed E-state index contributed by atoms with van der Waals surface area (Å²) in [5, 5.41) is 0. The molecule has 0 aliphatic carbocycles. The van der Waals surface area contributed by atoms with E-state index in [0.29, 0.717) is 5.92 Å². The first kappa shape index (κ1) is 15.0. The molecule has 3 heterocycles. The van der Waals surface area contributed by atoms with E-state index in [1.165, 1.54) is 16.8 Å². The Hall–Kier alpha value is -1.59. The lowest BCUT2D eigenvalue weighted by Gasteiger charge is -2.34. The Balaban J connectivity index is 1.64. The minimum absolute atomic E-state index is 0.516. The smallest absolute Gasteiger partial charge is 0.110 e. The molecular weight excluding hydrogens is 288 g/mol. The summed E-state index contributed by atoms with van der Waals surface area (Å²) in [7, 11) is 2.20. The Morgan fingerprint density at radius 3 is 2.61 bits per heavy atom. The van der Waals surface area contributed by atoms with Gasteiger partial charge in [0.1, 0.15) is 5.82 Å². The predicted octanol–water partition coefficient (Wildman–Crippen LogP) is 2.52. The molecule has 0 radical (unpaired) electrons. The third-order valence-corrected chi connectivity index (χ3v) is 5.26. The molecule has 0 spiro atoms. The Kier molecular flexibility index (Phi) is 3.99.